The van der Waals surface area contributed by atoms with Crippen LogP contribution in [-0.2, 0) is 11.2 Å². The average Bonchev–Trinajstić information content (AvgIpc) is 2.17. The molecule has 0 aromatic carbocycles. The summed E-state index contributed by atoms with van der Waals surface area (Å²) < 4.78 is 0. The Kier molecular flexibility index (Phi) is 4.21. The molecule has 0 saturated carbocycles. The lowest BCUT2D eigenvalue weighted by Crippen LogP contribution is -2.02. The van der Waals surface area contributed by atoms with Gasteiger partial charge in [0.1, 0.15) is 5.82 Å². The van der Waals surface area contributed by atoms with E-state index < -0.39 is 5.97 Å². The Balaban J connectivity index is 2.54. The first-order valence-corrected chi connectivity index (χ1v) is 5.13. The van der Waals surface area contributed by atoms with Crippen molar-refractivity contribution in [2.45, 2.75) is 39.0 Å². The summed E-state index contributed by atoms with van der Waals surface area (Å²) in [6, 6.07) is 1.84. The van der Waals surface area contributed by atoms with Crippen molar-refractivity contribution in [3.63, 3.8) is 0 Å². The molecule has 0 unspecified atom stereocenters. The highest BCUT2D eigenvalue weighted by molar-refractivity contribution is 5.66. The zero-order valence-electron chi connectivity index (χ0n) is 9.10. The Morgan fingerprint density at radius 1 is 1.53 bits per heavy atom. The van der Waals surface area contributed by atoms with Crippen molar-refractivity contribution in [1.82, 2.24) is 9.97 Å². The molecule has 1 rings (SSSR count). The molecular formula is C11H16N2O2. The Labute approximate surface area is 89.4 Å². The van der Waals surface area contributed by atoms with Gasteiger partial charge >= 0.3 is 5.97 Å². The summed E-state index contributed by atoms with van der Waals surface area (Å²) in [5, 5.41) is 8.50. The first-order chi connectivity index (χ1) is 7.09. The highest BCUT2D eigenvalue weighted by atomic mass is 16.4. The number of carboxylic acids is 1. The Bertz CT molecular complexity index is 337. The van der Waals surface area contributed by atoms with E-state index in [1.165, 1.54) is 0 Å². The van der Waals surface area contributed by atoms with Crippen molar-refractivity contribution in [1.29, 1.82) is 0 Å². The predicted molar refractivity (Wildman–Crippen MR) is 56.7 cm³/mol. The number of aliphatic carboxylic acids is 1. The number of rotatable bonds is 5. The van der Waals surface area contributed by atoms with Gasteiger partial charge in [0.2, 0.25) is 0 Å². The van der Waals surface area contributed by atoms with Gasteiger partial charge in [-0.3, -0.25) is 4.79 Å². The second kappa shape index (κ2) is 5.44. The third-order valence-electron chi connectivity index (χ3n) is 2.07. The van der Waals surface area contributed by atoms with Crippen LogP contribution in [0.15, 0.2) is 12.3 Å². The fraction of sp³-hybridized carbons (Fsp3) is 0.545. The highest BCUT2D eigenvalue weighted by Gasteiger charge is 2.04. The number of carboxylic acid groups (broad SMARTS) is 1. The minimum absolute atomic E-state index is 0.195. The minimum Gasteiger partial charge on any atom is -0.481 e. The number of carbonyl (C=O) groups is 1. The molecular weight excluding hydrogens is 192 g/mol. The van der Waals surface area contributed by atoms with E-state index >= 15 is 0 Å². The maximum absolute atomic E-state index is 10.3. The van der Waals surface area contributed by atoms with Crippen molar-refractivity contribution in [2.24, 2.45) is 0 Å². The van der Waals surface area contributed by atoms with Crippen LogP contribution in [0.4, 0.5) is 0 Å². The van der Waals surface area contributed by atoms with E-state index in [9.17, 15) is 4.79 Å². The monoisotopic (exact) mass is 208 g/mol. The average molecular weight is 208 g/mol. The smallest absolute Gasteiger partial charge is 0.303 e. The van der Waals surface area contributed by atoms with Crippen molar-refractivity contribution in [2.75, 3.05) is 0 Å². The van der Waals surface area contributed by atoms with Gasteiger partial charge in [-0.25, -0.2) is 9.97 Å². The number of aryl methyl sites for hydroxylation is 1. The molecule has 0 atom stereocenters. The first-order valence-electron chi connectivity index (χ1n) is 5.13. The van der Waals surface area contributed by atoms with Gasteiger partial charge in [0.25, 0.3) is 0 Å². The standard InChI is InChI=1S/C11H16N2O2/c1-8(2)11-12-7-6-9(13-11)4-3-5-10(14)15/h6-8H,3-5H2,1-2H3,(H,14,15). The molecule has 0 aliphatic heterocycles. The maximum atomic E-state index is 10.3. The predicted octanol–water partition coefficient (Wildman–Crippen LogP) is 2.01. The summed E-state index contributed by atoms with van der Waals surface area (Å²) in [6.45, 7) is 4.08. The fourth-order valence-corrected chi connectivity index (χ4v) is 1.25. The van der Waals surface area contributed by atoms with Gasteiger partial charge < -0.3 is 5.11 Å². The van der Waals surface area contributed by atoms with Crippen LogP contribution in [0.1, 0.15) is 44.1 Å². The van der Waals surface area contributed by atoms with Crippen LogP contribution in [0.3, 0.4) is 0 Å². The molecule has 1 aromatic heterocycles. The van der Waals surface area contributed by atoms with Crippen LogP contribution in [0.2, 0.25) is 0 Å². The van der Waals surface area contributed by atoms with Crippen LogP contribution in [-0.4, -0.2) is 21.0 Å². The van der Waals surface area contributed by atoms with Gasteiger partial charge in [-0.1, -0.05) is 13.8 Å². The Morgan fingerprint density at radius 3 is 2.87 bits per heavy atom. The van der Waals surface area contributed by atoms with E-state index in [0.717, 1.165) is 11.5 Å². The van der Waals surface area contributed by atoms with Gasteiger partial charge in [0.05, 0.1) is 0 Å². The number of aromatic nitrogens is 2. The van der Waals surface area contributed by atoms with Crippen LogP contribution in [0.25, 0.3) is 0 Å². The van der Waals surface area contributed by atoms with Crippen LogP contribution in [0, 0.1) is 0 Å². The van der Waals surface area contributed by atoms with Crippen molar-refractivity contribution >= 4 is 5.97 Å². The van der Waals surface area contributed by atoms with Crippen LogP contribution in [0.5, 0.6) is 0 Å². The molecule has 4 heteroatoms. The summed E-state index contributed by atoms with van der Waals surface area (Å²) in [5.74, 6) is 0.375. The van der Waals surface area contributed by atoms with Gasteiger partial charge in [0.15, 0.2) is 0 Å². The van der Waals surface area contributed by atoms with Crippen molar-refractivity contribution in [3.8, 4) is 0 Å². The fourth-order valence-electron chi connectivity index (χ4n) is 1.25. The largest absolute Gasteiger partial charge is 0.481 e. The molecule has 1 heterocycles. The second-order valence-electron chi connectivity index (χ2n) is 3.81. The molecule has 0 spiro atoms. The zero-order chi connectivity index (χ0) is 11.3. The van der Waals surface area contributed by atoms with Gasteiger partial charge in [0, 0.05) is 24.2 Å². The van der Waals surface area contributed by atoms with Gasteiger partial charge in [-0.05, 0) is 18.9 Å². The summed E-state index contributed by atoms with van der Waals surface area (Å²) in [7, 11) is 0. The molecule has 4 nitrogen and oxygen atoms in total. The van der Waals surface area contributed by atoms with E-state index in [1.807, 2.05) is 19.9 Å². The molecule has 0 amide bonds. The molecule has 0 aliphatic carbocycles. The third-order valence-corrected chi connectivity index (χ3v) is 2.07. The lowest BCUT2D eigenvalue weighted by molar-refractivity contribution is -0.137. The molecule has 1 aromatic rings. The van der Waals surface area contributed by atoms with Crippen LogP contribution >= 0.6 is 0 Å². The normalized spacial score (nSPS) is 10.6. The molecule has 0 aliphatic rings. The molecule has 0 saturated heterocycles. The second-order valence-corrected chi connectivity index (χ2v) is 3.81. The first kappa shape index (κ1) is 11.6. The summed E-state index contributed by atoms with van der Waals surface area (Å²) in [6.07, 6.45) is 3.26. The van der Waals surface area contributed by atoms with E-state index in [4.69, 9.17) is 5.11 Å². The zero-order valence-corrected chi connectivity index (χ0v) is 9.10. The van der Waals surface area contributed by atoms with E-state index in [-0.39, 0.29) is 6.42 Å². The SMILES string of the molecule is CC(C)c1nccc(CCCC(=O)O)n1. The van der Waals surface area contributed by atoms with Crippen molar-refractivity contribution in [3.05, 3.63) is 23.8 Å². The summed E-state index contributed by atoms with van der Waals surface area (Å²) in [5.41, 5.74) is 0.926. The summed E-state index contributed by atoms with van der Waals surface area (Å²) in [4.78, 5) is 18.9. The lowest BCUT2D eigenvalue weighted by atomic mass is 10.1. The molecule has 0 bridgehead atoms. The highest BCUT2D eigenvalue weighted by Crippen LogP contribution is 2.09. The minimum atomic E-state index is -0.756. The van der Waals surface area contributed by atoms with E-state index in [2.05, 4.69) is 9.97 Å². The van der Waals surface area contributed by atoms with Gasteiger partial charge in [-0.15, -0.1) is 0 Å². The molecule has 15 heavy (non-hydrogen) atoms. The van der Waals surface area contributed by atoms with Gasteiger partial charge in [-0.2, -0.15) is 0 Å². The molecule has 1 N–H and O–H groups in total. The molecule has 82 valence electrons. The third kappa shape index (κ3) is 4.06. The Hall–Kier alpha value is -1.45. The quantitative estimate of drug-likeness (QED) is 0.803. The van der Waals surface area contributed by atoms with Crippen molar-refractivity contribution < 1.29 is 9.90 Å². The van der Waals surface area contributed by atoms with Crippen LogP contribution < -0.4 is 0 Å². The number of nitrogens with zero attached hydrogens (tertiary/aromatic N) is 2. The van der Waals surface area contributed by atoms with E-state index in [1.54, 1.807) is 6.20 Å². The van der Waals surface area contributed by atoms with E-state index in [0.29, 0.717) is 18.8 Å². The maximum Gasteiger partial charge on any atom is 0.303 e. The lowest BCUT2D eigenvalue weighted by Gasteiger charge is -2.05. The molecule has 0 fully saturated rings. The number of hydrogen-bond acceptors (Lipinski definition) is 3. The molecule has 0 radical (unpaired) electrons. The number of hydrogen-bond donors (Lipinski definition) is 1. The topological polar surface area (TPSA) is 63.1 Å². The Morgan fingerprint density at radius 2 is 2.27 bits per heavy atom. The summed E-state index contributed by atoms with van der Waals surface area (Å²) >= 11 is 0.